The van der Waals surface area contributed by atoms with E-state index >= 15 is 0 Å². The number of carbonyl (C=O) groups is 2. The number of carbonyl (C=O) groups excluding carboxylic acids is 2. The van der Waals surface area contributed by atoms with Crippen molar-refractivity contribution in [2.75, 3.05) is 26.2 Å². The van der Waals surface area contributed by atoms with Crippen LogP contribution in [-0.2, 0) is 0 Å². The molecular formula is C27H35N5O3S. The van der Waals surface area contributed by atoms with Gasteiger partial charge in [0.25, 0.3) is 11.8 Å². The molecule has 0 aliphatic carbocycles. The van der Waals surface area contributed by atoms with Crippen molar-refractivity contribution in [1.29, 1.82) is 0 Å². The van der Waals surface area contributed by atoms with Crippen molar-refractivity contribution < 1.29 is 14.7 Å². The van der Waals surface area contributed by atoms with Gasteiger partial charge in [0.1, 0.15) is 5.75 Å². The lowest BCUT2D eigenvalue weighted by Crippen LogP contribution is -2.29. The average Bonchev–Trinajstić information content (AvgIpc) is 3.41. The molecule has 0 spiro atoms. The maximum absolute atomic E-state index is 13.0. The van der Waals surface area contributed by atoms with Gasteiger partial charge in [0.05, 0.1) is 5.69 Å². The Labute approximate surface area is 217 Å². The first-order valence-corrected chi connectivity index (χ1v) is 13.1. The molecule has 3 aromatic rings. The third-order valence-corrected chi connectivity index (χ3v) is 6.39. The van der Waals surface area contributed by atoms with Gasteiger partial charge in [0, 0.05) is 54.0 Å². The van der Waals surface area contributed by atoms with Crippen molar-refractivity contribution in [1.82, 2.24) is 25.1 Å². The summed E-state index contributed by atoms with van der Waals surface area (Å²) in [5, 5.41) is 22.3. The molecule has 8 nitrogen and oxygen atoms in total. The van der Waals surface area contributed by atoms with Crippen LogP contribution < -0.4 is 10.6 Å². The second kappa shape index (κ2) is 13.7. The van der Waals surface area contributed by atoms with Crippen LogP contribution in [0.4, 0.5) is 0 Å². The summed E-state index contributed by atoms with van der Waals surface area (Å²) < 4.78 is 2.28. The Balaban J connectivity index is 1.62. The normalized spacial score (nSPS) is 11.1. The van der Waals surface area contributed by atoms with Gasteiger partial charge in [-0.05, 0) is 79.2 Å². The highest BCUT2D eigenvalue weighted by Gasteiger charge is 2.15. The molecule has 0 fully saturated rings. The molecule has 1 aromatic heterocycles. The molecule has 0 aliphatic rings. The molecule has 2 amide bonds. The number of aromatic hydroxyl groups is 1. The zero-order valence-electron chi connectivity index (χ0n) is 21.1. The number of amides is 2. The van der Waals surface area contributed by atoms with Crippen LogP contribution in [0, 0.1) is 5.92 Å². The van der Waals surface area contributed by atoms with Crippen molar-refractivity contribution in [3.8, 4) is 17.0 Å². The number of rotatable bonds is 13. The van der Waals surface area contributed by atoms with Gasteiger partial charge in [-0.3, -0.25) is 14.7 Å². The molecule has 0 atom stereocenters. The highest BCUT2D eigenvalue weighted by molar-refractivity contribution is 7.97. The van der Waals surface area contributed by atoms with E-state index in [4.69, 9.17) is 0 Å². The van der Waals surface area contributed by atoms with Crippen LogP contribution in [0.1, 0.15) is 54.3 Å². The van der Waals surface area contributed by atoms with Crippen molar-refractivity contribution in [3.63, 3.8) is 0 Å². The Morgan fingerprint density at radius 1 is 1.03 bits per heavy atom. The lowest BCUT2D eigenvalue weighted by molar-refractivity contribution is 0.0952. The van der Waals surface area contributed by atoms with E-state index in [0.717, 1.165) is 42.1 Å². The SMILES string of the molecule is CCCNC(=O)c1cc(C(=O)NCCCN(CC(C)C)Sc2ccc(O)cc2)cc(-c2ccn[nH]2)c1. The largest absolute Gasteiger partial charge is 0.508 e. The Hall–Kier alpha value is -3.30. The summed E-state index contributed by atoms with van der Waals surface area (Å²) in [6, 6.07) is 14.1. The molecule has 0 aliphatic heterocycles. The molecule has 0 bridgehead atoms. The number of phenols is 1. The first kappa shape index (κ1) is 27.3. The maximum Gasteiger partial charge on any atom is 0.251 e. The Kier molecular flexibility index (Phi) is 10.4. The molecule has 0 unspecified atom stereocenters. The average molecular weight is 510 g/mol. The smallest absolute Gasteiger partial charge is 0.251 e. The monoisotopic (exact) mass is 509 g/mol. The number of phenolic OH excluding ortho intramolecular Hbond substituents is 1. The lowest BCUT2D eigenvalue weighted by atomic mass is 10.0. The molecule has 3 rings (SSSR count). The fourth-order valence-electron chi connectivity index (χ4n) is 3.60. The minimum atomic E-state index is -0.220. The minimum absolute atomic E-state index is 0.206. The third kappa shape index (κ3) is 8.42. The minimum Gasteiger partial charge on any atom is -0.508 e. The van der Waals surface area contributed by atoms with Crippen molar-refractivity contribution in [3.05, 3.63) is 65.9 Å². The quantitative estimate of drug-likeness (QED) is 0.196. The molecule has 36 heavy (non-hydrogen) atoms. The summed E-state index contributed by atoms with van der Waals surface area (Å²) in [5.74, 6) is 0.317. The topological polar surface area (TPSA) is 110 Å². The first-order valence-electron chi connectivity index (χ1n) is 12.3. The molecule has 2 aromatic carbocycles. The van der Waals surface area contributed by atoms with E-state index in [1.807, 2.05) is 19.1 Å². The molecule has 192 valence electrons. The van der Waals surface area contributed by atoms with Crippen LogP contribution in [0.2, 0.25) is 0 Å². The number of aromatic amines is 1. The zero-order chi connectivity index (χ0) is 25.9. The van der Waals surface area contributed by atoms with Gasteiger partial charge in [0.15, 0.2) is 0 Å². The molecule has 9 heteroatoms. The molecule has 0 saturated heterocycles. The van der Waals surface area contributed by atoms with Gasteiger partial charge < -0.3 is 15.7 Å². The maximum atomic E-state index is 13.0. The van der Waals surface area contributed by atoms with Crippen molar-refractivity contribution >= 4 is 23.8 Å². The van der Waals surface area contributed by atoms with Gasteiger partial charge in [-0.25, -0.2) is 4.31 Å². The van der Waals surface area contributed by atoms with E-state index in [2.05, 4.69) is 39.0 Å². The zero-order valence-corrected chi connectivity index (χ0v) is 21.9. The Bertz CT molecular complexity index is 1120. The summed E-state index contributed by atoms with van der Waals surface area (Å²) in [4.78, 5) is 26.6. The predicted molar refractivity (Wildman–Crippen MR) is 144 cm³/mol. The van der Waals surface area contributed by atoms with E-state index in [1.165, 1.54) is 0 Å². The van der Waals surface area contributed by atoms with Crippen molar-refractivity contribution in [2.45, 2.75) is 38.5 Å². The molecule has 4 N–H and O–H groups in total. The van der Waals surface area contributed by atoms with E-state index in [1.54, 1.807) is 54.5 Å². The predicted octanol–water partition coefficient (Wildman–Crippen LogP) is 4.71. The van der Waals surface area contributed by atoms with Crippen LogP contribution in [0.25, 0.3) is 11.3 Å². The number of nitrogens with one attached hydrogen (secondary N) is 3. The number of H-pyrrole nitrogens is 1. The van der Waals surface area contributed by atoms with Crippen LogP contribution in [0.5, 0.6) is 5.75 Å². The number of hydrogen-bond acceptors (Lipinski definition) is 6. The third-order valence-electron chi connectivity index (χ3n) is 5.31. The van der Waals surface area contributed by atoms with Crippen LogP contribution in [-0.4, -0.2) is 57.6 Å². The van der Waals surface area contributed by atoms with Gasteiger partial charge in [-0.2, -0.15) is 5.10 Å². The van der Waals surface area contributed by atoms with E-state index in [-0.39, 0.29) is 17.6 Å². The number of aromatic nitrogens is 2. The summed E-state index contributed by atoms with van der Waals surface area (Å²) in [5.41, 5.74) is 2.34. The number of nitrogens with zero attached hydrogens (tertiary/aromatic N) is 2. The van der Waals surface area contributed by atoms with Crippen LogP contribution >= 0.6 is 11.9 Å². The first-order chi connectivity index (χ1) is 17.4. The molecule has 1 heterocycles. The lowest BCUT2D eigenvalue weighted by Gasteiger charge is -2.23. The summed E-state index contributed by atoms with van der Waals surface area (Å²) in [7, 11) is 0. The molecule has 0 saturated carbocycles. The van der Waals surface area contributed by atoms with Crippen LogP contribution in [0.15, 0.2) is 59.6 Å². The second-order valence-electron chi connectivity index (χ2n) is 9.00. The van der Waals surface area contributed by atoms with Gasteiger partial charge in [-0.1, -0.05) is 20.8 Å². The van der Waals surface area contributed by atoms with Crippen molar-refractivity contribution in [2.24, 2.45) is 5.92 Å². The molecular weight excluding hydrogens is 474 g/mol. The van der Waals surface area contributed by atoms with Gasteiger partial charge >= 0.3 is 0 Å². The Morgan fingerprint density at radius 2 is 1.69 bits per heavy atom. The highest BCUT2D eigenvalue weighted by Crippen LogP contribution is 2.25. The molecule has 0 radical (unpaired) electrons. The van der Waals surface area contributed by atoms with E-state index in [9.17, 15) is 14.7 Å². The van der Waals surface area contributed by atoms with Gasteiger partial charge in [0.2, 0.25) is 0 Å². The summed E-state index contributed by atoms with van der Waals surface area (Å²) in [6.07, 6.45) is 3.24. The van der Waals surface area contributed by atoms with Gasteiger partial charge in [-0.15, -0.1) is 0 Å². The van der Waals surface area contributed by atoms with Crippen LogP contribution in [0.3, 0.4) is 0 Å². The van der Waals surface area contributed by atoms with E-state index < -0.39 is 0 Å². The fourth-order valence-corrected chi connectivity index (χ4v) is 4.75. The summed E-state index contributed by atoms with van der Waals surface area (Å²) in [6.45, 7) is 9.12. The Morgan fingerprint density at radius 3 is 2.28 bits per heavy atom. The van der Waals surface area contributed by atoms with E-state index in [0.29, 0.717) is 30.1 Å². The standard InChI is InChI=1S/C27H35N5O3S/c1-4-11-28-26(34)21-15-20(25-10-13-30-31-25)16-22(17-21)27(35)29-12-5-14-32(18-19(2)3)36-24-8-6-23(33)7-9-24/h6-10,13,15-17,19,33H,4-5,11-12,14,18H2,1-3H3,(H,28,34)(H,29,35)(H,30,31). The fraction of sp³-hybridized carbons (Fsp3) is 0.370. The second-order valence-corrected chi connectivity index (χ2v) is 10.2. The highest BCUT2D eigenvalue weighted by atomic mass is 32.2. The number of hydrogen-bond donors (Lipinski definition) is 4. The summed E-state index contributed by atoms with van der Waals surface area (Å²) >= 11 is 1.65. The number of benzene rings is 2.